The van der Waals surface area contributed by atoms with E-state index >= 15 is 0 Å². The third-order valence-corrected chi connectivity index (χ3v) is 7.21. The summed E-state index contributed by atoms with van der Waals surface area (Å²) in [5, 5.41) is 4.30. The lowest BCUT2D eigenvalue weighted by atomic mass is 10.0. The zero-order valence-electron chi connectivity index (χ0n) is 22.1. The number of carbonyl (C=O) groups is 1. The number of esters is 1. The summed E-state index contributed by atoms with van der Waals surface area (Å²) in [7, 11) is 0. The Balaban J connectivity index is 1.27. The van der Waals surface area contributed by atoms with Crippen LogP contribution in [0, 0.1) is 5.82 Å². The van der Waals surface area contributed by atoms with E-state index in [-0.39, 0.29) is 23.5 Å². The van der Waals surface area contributed by atoms with Crippen LogP contribution < -0.4 is 10.6 Å². The molecule has 5 rings (SSSR count). The van der Waals surface area contributed by atoms with Gasteiger partial charge >= 0.3 is 11.7 Å². The van der Waals surface area contributed by atoms with Crippen molar-refractivity contribution in [3.63, 3.8) is 0 Å². The van der Waals surface area contributed by atoms with E-state index in [0.29, 0.717) is 25.4 Å². The van der Waals surface area contributed by atoms with Crippen molar-refractivity contribution in [2.45, 2.75) is 25.9 Å². The van der Waals surface area contributed by atoms with Crippen LogP contribution in [0.15, 0.2) is 90.0 Å². The molecule has 0 aliphatic carbocycles. The predicted molar refractivity (Wildman–Crippen MR) is 148 cm³/mol. The molecule has 1 aliphatic rings. The van der Waals surface area contributed by atoms with Crippen LogP contribution >= 0.6 is 0 Å². The molecule has 2 atom stereocenters. The molecule has 0 radical (unpaired) electrons. The van der Waals surface area contributed by atoms with Gasteiger partial charge in [-0.25, -0.2) is 23.2 Å². The second-order valence-electron chi connectivity index (χ2n) is 9.56. The number of anilines is 1. The van der Waals surface area contributed by atoms with E-state index in [4.69, 9.17) is 4.74 Å². The summed E-state index contributed by atoms with van der Waals surface area (Å²) >= 11 is 0. The third-order valence-electron chi connectivity index (χ3n) is 7.21. The Kier molecular flexibility index (Phi) is 7.88. The second kappa shape index (κ2) is 11.7. The number of hydrogen-bond acceptors (Lipinski definition) is 6. The highest BCUT2D eigenvalue weighted by atomic mass is 19.1. The Hall–Kier alpha value is -4.24. The third kappa shape index (κ3) is 5.63. The molecule has 2 heterocycles. The van der Waals surface area contributed by atoms with Crippen molar-refractivity contribution in [2.24, 2.45) is 0 Å². The van der Waals surface area contributed by atoms with Gasteiger partial charge in [0, 0.05) is 31.9 Å². The summed E-state index contributed by atoms with van der Waals surface area (Å²) < 4.78 is 21.6. The predicted octanol–water partition coefficient (Wildman–Crippen LogP) is 4.21. The molecule has 4 aromatic rings. The van der Waals surface area contributed by atoms with Gasteiger partial charge in [-0.3, -0.25) is 4.90 Å². The van der Waals surface area contributed by atoms with E-state index in [1.54, 1.807) is 12.1 Å². The number of ether oxygens (including phenoxy) is 1. The van der Waals surface area contributed by atoms with E-state index < -0.39 is 6.04 Å². The van der Waals surface area contributed by atoms with Crippen LogP contribution in [0.4, 0.5) is 10.1 Å². The van der Waals surface area contributed by atoms with E-state index in [2.05, 4.69) is 14.9 Å². The molecule has 0 amide bonds. The van der Waals surface area contributed by atoms with Crippen molar-refractivity contribution in [3.05, 3.63) is 113 Å². The smallest absolute Gasteiger partial charge is 0.350 e. The van der Waals surface area contributed by atoms with Crippen LogP contribution in [0.5, 0.6) is 0 Å². The first kappa shape index (κ1) is 26.4. The van der Waals surface area contributed by atoms with E-state index in [9.17, 15) is 14.0 Å². The molecule has 9 heteroatoms. The lowest BCUT2D eigenvalue weighted by molar-refractivity contribution is -0.150. The Morgan fingerprint density at radius 2 is 1.54 bits per heavy atom. The fourth-order valence-electron chi connectivity index (χ4n) is 5.06. The molecule has 1 fully saturated rings. The van der Waals surface area contributed by atoms with Gasteiger partial charge in [-0.05, 0) is 61.4 Å². The Morgan fingerprint density at radius 1 is 0.897 bits per heavy atom. The highest BCUT2D eigenvalue weighted by molar-refractivity contribution is 5.77. The lowest BCUT2D eigenvalue weighted by Gasteiger charge is -2.39. The van der Waals surface area contributed by atoms with Crippen molar-refractivity contribution in [1.82, 2.24) is 19.2 Å². The van der Waals surface area contributed by atoms with E-state index in [1.807, 2.05) is 68.4 Å². The van der Waals surface area contributed by atoms with Gasteiger partial charge in [0.2, 0.25) is 0 Å². The summed E-state index contributed by atoms with van der Waals surface area (Å²) in [6.45, 7) is 6.99. The molecule has 0 N–H and O–H groups in total. The van der Waals surface area contributed by atoms with Crippen LogP contribution in [0.3, 0.4) is 0 Å². The van der Waals surface area contributed by atoms with Gasteiger partial charge < -0.3 is 9.64 Å². The quantitative estimate of drug-likeness (QED) is 0.319. The molecule has 202 valence electrons. The van der Waals surface area contributed by atoms with Crippen molar-refractivity contribution >= 4 is 11.7 Å². The van der Waals surface area contributed by atoms with Gasteiger partial charge in [0.1, 0.15) is 18.2 Å². The minimum absolute atomic E-state index is 0.221. The summed E-state index contributed by atoms with van der Waals surface area (Å²) in [5.74, 6) is -0.540. The van der Waals surface area contributed by atoms with Crippen LogP contribution in [-0.2, 0) is 9.53 Å². The molecule has 1 aromatic heterocycles. The standard InChI is InChI=1S/C30H32FN5O3/c1-3-39-29(37)28(24-7-5-4-6-8-24)34-19-17-33(18-20-34)26-13-15-27(16-14-26)35-21-32-36(30(35)38)22(2)23-9-11-25(31)12-10-23/h4-16,21-22,28H,3,17-20H2,1-2H3/t22-,28-/m0/s1. The maximum absolute atomic E-state index is 13.3. The maximum Gasteiger partial charge on any atom is 0.350 e. The molecule has 0 spiro atoms. The molecule has 39 heavy (non-hydrogen) atoms. The number of rotatable bonds is 8. The molecule has 1 saturated heterocycles. The number of aromatic nitrogens is 3. The number of piperazine rings is 1. The van der Waals surface area contributed by atoms with Crippen molar-refractivity contribution in [3.8, 4) is 5.69 Å². The minimum Gasteiger partial charge on any atom is -0.465 e. The highest BCUT2D eigenvalue weighted by Gasteiger charge is 2.31. The molecular weight excluding hydrogens is 497 g/mol. The molecule has 1 aliphatic heterocycles. The van der Waals surface area contributed by atoms with Gasteiger partial charge in [0.05, 0.1) is 18.3 Å². The normalized spacial score (nSPS) is 15.6. The topological polar surface area (TPSA) is 72.6 Å². The summed E-state index contributed by atoms with van der Waals surface area (Å²) in [4.78, 5) is 30.3. The first-order valence-corrected chi connectivity index (χ1v) is 13.2. The van der Waals surface area contributed by atoms with Crippen molar-refractivity contribution in [2.75, 3.05) is 37.7 Å². The second-order valence-corrected chi connectivity index (χ2v) is 9.56. The molecule has 8 nitrogen and oxygen atoms in total. The van der Waals surface area contributed by atoms with E-state index in [1.165, 1.54) is 27.7 Å². The summed E-state index contributed by atoms with van der Waals surface area (Å²) in [6, 6.07) is 22.9. The number of nitrogens with zero attached hydrogens (tertiary/aromatic N) is 5. The SMILES string of the molecule is CCOC(=O)[C@H](c1ccccc1)N1CCN(c2ccc(-n3cnn([C@@H](C)c4ccc(F)cc4)c3=O)cc2)CC1. The fourth-order valence-corrected chi connectivity index (χ4v) is 5.06. The van der Waals surface area contributed by atoms with Crippen LogP contribution in [0.1, 0.15) is 37.1 Å². The average molecular weight is 530 g/mol. The Labute approximate surface area is 226 Å². The first-order chi connectivity index (χ1) is 19.0. The molecule has 3 aromatic carbocycles. The number of hydrogen-bond donors (Lipinski definition) is 0. The molecule has 0 unspecified atom stereocenters. The minimum atomic E-state index is -0.420. The van der Waals surface area contributed by atoms with Crippen LogP contribution in [0.2, 0.25) is 0 Å². The van der Waals surface area contributed by atoms with Gasteiger partial charge in [-0.2, -0.15) is 5.10 Å². The maximum atomic E-state index is 13.3. The Bertz CT molecular complexity index is 1440. The monoisotopic (exact) mass is 529 g/mol. The zero-order valence-corrected chi connectivity index (χ0v) is 22.1. The summed E-state index contributed by atoms with van der Waals surface area (Å²) in [6.07, 6.45) is 1.51. The van der Waals surface area contributed by atoms with Gasteiger partial charge in [0.15, 0.2) is 0 Å². The van der Waals surface area contributed by atoms with E-state index in [0.717, 1.165) is 29.9 Å². The molecule has 0 bridgehead atoms. The largest absolute Gasteiger partial charge is 0.465 e. The number of benzene rings is 3. The zero-order chi connectivity index (χ0) is 27.4. The van der Waals surface area contributed by atoms with Crippen LogP contribution in [0.25, 0.3) is 5.69 Å². The van der Waals surface area contributed by atoms with Gasteiger partial charge in [-0.1, -0.05) is 42.5 Å². The van der Waals surface area contributed by atoms with Gasteiger partial charge in [-0.15, -0.1) is 0 Å². The Morgan fingerprint density at radius 3 is 2.18 bits per heavy atom. The van der Waals surface area contributed by atoms with Crippen molar-refractivity contribution in [1.29, 1.82) is 0 Å². The first-order valence-electron chi connectivity index (χ1n) is 13.2. The van der Waals surface area contributed by atoms with Crippen LogP contribution in [-0.4, -0.2) is 58.0 Å². The number of halogens is 1. The fraction of sp³-hybridized carbons (Fsp3) is 0.300. The van der Waals surface area contributed by atoms with Gasteiger partial charge in [0.25, 0.3) is 0 Å². The number of carbonyl (C=O) groups excluding carboxylic acids is 1. The molecule has 0 saturated carbocycles. The lowest BCUT2D eigenvalue weighted by Crippen LogP contribution is -2.49. The van der Waals surface area contributed by atoms with Crippen molar-refractivity contribution < 1.29 is 13.9 Å². The molecular formula is C30H32FN5O3. The summed E-state index contributed by atoms with van der Waals surface area (Å²) in [5.41, 5.74) is 3.24. The average Bonchev–Trinajstić information content (AvgIpc) is 3.35. The highest BCUT2D eigenvalue weighted by Crippen LogP contribution is 2.26.